The van der Waals surface area contributed by atoms with Gasteiger partial charge in [0.05, 0.1) is 25.4 Å². The Morgan fingerprint density at radius 1 is 1.16 bits per heavy atom. The minimum Gasteiger partial charge on any atom is -0.497 e. The van der Waals surface area contributed by atoms with Crippen molar-refractivity contribution < 1.29 is 19.4 Å². The van der Waals surface area contributed by atoms with Gasteiger partial charge in [-0.2, -0.15) is 0 Å². The molecule has 1 amide bonds. The van der Waals surface area contributed by atoms with E-state index < -0.39 is 5.60 Å². The van der Waals surface area contributed by atoms with Crippen molar-refractivity contribution in [2.24, 2.45) is 0 Å². The Labute approximate surface area is 152 Å². The number of halogens is 1. The van der Waals surface area contributed by atoms with Crippen molar-refractivity contribution in [2.45, 2.75) is 18.9 Å². The third-order valence-electron chi connectivity index (χ3n) is 3.78. The molecule has 2 rings (SSSR count). The topological polar surface area (TPSA) is 67.8 Å². The Hall–Kier alpha value is -2.24. The van der Waals surface area contributed by atoms with Gasteiger partial charge in [0.2, 0.25) is 0 Å². The Kier molecular flexibility index (Phi) is 6.28. The van der Waals surface area contributed by atoms with Crippen molar-refractivity contribution in [3.8, 4) is 11.5 Å². The van der Waals surface area contributed by atoms with Crippen LogP contribution in [0.4, 0.5) is 0 Å². The van der Waals surface area contributed by atoms with Crippen molar-refractivity contribution in [3.05, 3.63) is 58.6 Å². The summed E-state index contributed by atoms with van der Waals surface area (Å²) in [5.74, 6) is 0.829. The number of amides is 1. The second-order valence-electron chi connectivity index (χ2n) is 6.05. The first-order valence-electron chi connectivity index (χ1n) is 7.82. The quantitative estimate of drug-likeness (QED) is 0.793. The van der Waals surface area contributed by atoms with Gasteiger partial charge in [-0.1, -0.05) is 23.7 Å². The Bertz CT molecular complexity index is 729. The summed E-state index contributed by atoms with van der Waals surface area (Å²) < 4.78 is 10.3. The van der Waals surface area contributed by atoms with Crippen LogP contribution in [-0.4, -0.2) is 37.4 Å². The van der Waals surface area contributed by atoms with Crippen LogP contribution in [0, 0.1) is 0 Å². The van der Waals surface area contributed by atoms with E-state index in [9.17, 15) is 9.90 Å². The molecule has 25 heavy (non-hydrogen) atoms. The predicted molar refractivity (Wildman–Crippen MR) is 97.7 cm³/mol. The number of nitrogens with one attached hydrogen (secondary N) is 1. The van der Waals surface area contributed by atoms with E-state index in [1.165, 1.54) is 13.2 Å². The summed E-state index contributed by atoms with van der Waals surface area (Å²) in [7, 11) is 3.09. The molecule has 1 unspecified atom stereocenters. The van der Waals surface area contributed by atoms with E-state index in [-0.39, 0.29) is 12.5 Å². The maximum Gasteiger partial charge on any atom is 0.255 e. The zero-order valence-corrected chi connectivity index (χ0v) is 15.3. The molecule has 0 spiro atoms. The molecule has 0 aromatic heterocycles. The molecule has 2 aromatic carbocycles. The fraction of sp³-hybridized carbons (Fsp3) is 0.316. The average Bonchev–Trinajstić information content (AvgIpc) is 2.60. The van der Waals surface area contributed by atoms with Crippen molar-refractivity contribution in [3.63, 3.8) is 0 Å². The third kappa shape index (κ3) is 5.37. The molecule has 1 atom stereocenters. The number of rotatable bonds is 7. The van der Waals surface area contributed by atoms with Crippen LogP contribution in [0.25, 0.3) is 0 Å². The molecular weight excluding hydrogens is 342 g/mol. The molecule has 2 N–H and O–H groups in total. The summed E-state index contributed by atoms with van der Waals surface area (Å²) in [5, 5.41) is 13.7. The van der Waals surface area contributed by atoms with Crippen molar-refractivity contribution >= 4 is 17.5 Å². The molecule has 0 saturated carbocycles. The Balaban J connectivity index is 2.00. The molecule has 134 valence electrons. The highest BCUT2D eigenvalue weighted by Gasteiger charge is 2.23. The lowest BCUT2D eigenvalue weighted by molar-refractivity contribution is 0.0552. The molecule has 0 heterocycles. The van der Waals surface area contributed by atoms with Crippen molar-refractivity contribution in [2.75, 3.05) is 20.8 Å². The average molecular weight is 364 g/mol. The van der Waals surface area contributed by atoms with Gasteiger partial charge in [-0.15, -0.1) is 0 Å². The second-order valence-corrected chi connectivity index (χ2v) is 6.49. The minimum atomic E-state index is -1.10. The van der Waals surface area contributed by atoms with Crippen LogP contribution in [0.15, 0.2) is 42.5 Å². The number of carbonyl (C=O) groups excluding carboxylic acids is 1. The minimum absolute atomic E-state index is 0.0908. The van der Waals surface area contributed by atoms with Crippen LogP contribution in [0.3, 0.4) is 0 Å². The van der Waals surface area contributed by atoms with E-state index in [1.807, 2.05) is 24.3 Å². The maximum absolute atomic E-state index is 12.4. The Morgan fingerprint density at radius 3 is 2.44 bits per heavy atom. The monoisotopic (exact) mass is 363 g/mol. The van der Waals surface area contributed by atoms with Gasteiger partial charge in [-0.05, 0) is 42.8 Å². The van der Waals surface area contributed by atoms with Gasteiger partial charge in [-0.3, -0.25) is 4.79 Å². The standard InChI is InChI=1S/C19H22ClNO4/c1-19(23,11-13-4-7-15(24-2)8-5-13)12-21-18(22)16-10-14(20)6-9-17(16)25-3/h4-10,23H,11-12H2,1-3H3,(H,21,22). The number of ether oxygens (including phenoxy) is 2. The zero-order chi connectivity index (χ0) is 18.4. The summed E-state index contributed by atoms with van der Waals surface area (Å²) in [6, 6.07) is 12.3. The number of hydrogen-bond acceptors (Lipinski definition) is 4. The lowest BCUT2D eigenvalue weighted by Crippen LogP contribution is -2.42. The van der Waals surface area contributed by atoms with Gasteiger partial charge in [-0.25, -0.2) is 0 Å². The normalized spacial score (nSPS) is 13.0. The van der Waals surface area contributed by atoms with Crippen LogP contribution < -0.4 is 14.8 Å². The molecule has 0 saturated heterocycles. The molecular formula is C19H22ClNO4. The molecule has 0 aliphatic rings. The highest BCUT2D eigenvalue weighted by atomic mass is 35.5. The second kappa shape index (κ2) is 8.23. The summed E-state index contributed by atoms with van der Waals surface area (Å²) >= 11 is 5.94. The third-order valence-corrected chi connectivity index (χ3v) is 4.02. The molecule has 6 heteroatoms. The first-order valence-corrected chi connectivity index (χ1v) is 8.19. The van der Waals surface area contributed by atoms with Crippen LogP contribution in [0.2, 0.25) is 5.02 Å². The number of hydrogen-bond donors (Lipinski definition) is 2. The first kappa shape index (κ1) is 19.1. The van der Waals surface area contributed by atoms with E-state index >= 15 is 0 Å². The highest BCUT2D eigenvalue weighted by molar-refractivity contribution is 6.31. The van der Waals surface area contributed by atoms with Crippen LogP contribution in [0.1, 0.15) is 22.8 Å². The Morgan fingerprint density at radius 2 is 1.84 bits per heavy atom. The molecule has 2 aromatic rings. The van der Waals surface area contributed by atoms with E-state index in [0.29, 0.717) is 22.8 Å². The lowest BCUT2D eigenvalue weighted by Gasteiger charge is -2.24. The molecule has 0 aliphatic carbocycles. The molecule has 0 bridgehead atoms. The smallest absolute Gasteiger partial charge is 0.255 e. The molecule has 0 aliphatic heterocycles. The van der Waals surface area contributed by atoms with Crippen LogP contribution in [-0.2, 0) is 6.42 Å². The van der Waals surface area contributed by atoms with E-state index in [4.69, 9.17) is 21.1 Å². The van der Waals surface area contributed by atoms with Crippen molar-refractivity contribution in [1.29, 1.82) is 0 Å². The number of methoxy groups -OCH3 is 2. The van der Waals surface area contributed by atoms with Gasteiger partial charge in [0.15, 0.2) is 0 Å². The predicted octanol–water partition coefficient (Wildman–Crippen LogP) is 3.08. The van der Waals surface area contributed by atoms with Gasteiger partial charge < -0.3 is 19.9 Å². The van der Waals surface area contributed by atoms with Crippen molar-refractivity contribution in [1.82, 2.24) is 5.32 Å². The highest BCUT2D eigenvalue weighted by Crippen LogP contribution is 2.23. The molecule has 0 fully saturated rings. The maximum atomic E-state index is 12.4. The fourth-order valence-corrected chi connectivity index (χ4v) is 2.64. The summed E-state index contributed by atoms with van der Waals surface area (Å²) in [6.45, 7) is 1.76. The van der Waals surface area contributed by atoms with Gasteiger partial charge >= 0.3 is 0 Å². The first-order chi connectivity index (χ1) is 11.8. The summed E-state index contributed by atoms with van der Waals surface area (Å²) in [5.41, 5.74) is 0.173. The number of aliphatic hydroxyl groups is 1. The largest absolute Gasteiger partial charge is 0.497 e. The van der Waals surface area contributed by atoms with Crippen LogP contribution in [0.5, 0.6) is 11.5 Å². The van der Waals surface area contributed by atoms with E-state index in [0.717, 1.165) is 11.3 Å². The summed E-state index contributed by atoms with van der Waals surface area (Å²) in [6.07, 6.45) is 0.393. The molecule has 0 radical (unpaired) electrons. The molecule has 5 nitrogen and oxygen atoms in total. The number of benzene rings is 2. The number of carbonyl (C=O) groups is 1. The van der Waals surface area contributed by atoms with Gasteiger partial charge in [0.25, 0.3) is 5.91 Å². The zero-order valence-electron chi connectivity index (χ0n) is 14.5. The van der Waals surface area contributed by atoms with Gasteiger partial charge in [0, 0.05) is 18.0 Å². The summed E-state index contributed by atoms with van der Waals surface area (Å²) in [4.78, 5) is 12.4. The van der Waals surface area contributed by atoms with Gasteiger partial charge in [0.1, 0.15) is 11.5 Å². The van der Waals surface area contributed by atoms with Crippen LogP contribution >= 0.6 is 11.6 Å². The lowest BCUT2D eigenvalue weighted by atomic mass is 9.96. The van der Waals surface area contributed by atoms with E-state index in [2.05, 4.69) is 5.32 Å². The fourth-order valence-electron chi connectivity index (χ4n) is 2.47. The van der Waals surface area contributed by atoms with E-state index in [1.54, 1.807) is 26.2 Å². The SMILES string of the molecule is COc1ccc(CC(C)(O)CNC(=O)c2cc(Cl)ccc2OC)cc1.